The first-order valence-electron chi connectivity index (χ1n) is 10.5. The van der Waals surface area contributed by atoms with Gasteiger partial charge in [-0.15, -0.1) is 0 Å². The predicted molar refractivity (Wildman–Crippen MR) is 129 cm³/mol. The van der Waals surface area contributed by atoms with Crippen LogP contribution in [0.4, 0.5) is 5.69 Å². The van der Waals surface area contributed by atoms with Crippen LogP contribution in [0.1, 0.15) is 25.7 Å². The van der Waals surface area contributed by atoms with Gasteiger partial charge in [0.2, 0.25) is 0 Å². The Labute approximate surface area is 200 Å². The van der Waals surface area contributed by atoms with Crippen LogP contribution in [0.3, 0.4) is 0 Å². The summed E-state index contributed by atoms with van der Waals surface area (Å²) in [5.74, 6) is 0. The maximum Gasteiger partial charge on any atom is 1.00 e. The molecule has 2 aliphatic heterocycles. The van der Waals surface area contributed by atoms with Crippen molar-refractivity contribution < 1.29 is 28.3 Å². The SMILES string of the molecule is [CH-]1CCCO1.[CH-]1CCCO1.[Li+].[NH-]c1ccccc1[PH+](c1ccccc1)c1ccccc1. The van der Waals surface area contributed by atoms with Gasteiger partial charge in [0.15, 0.2) is 0 Å². The van der Waals surface area contributed by atoms with Gasteiger partial charge in [0.1, 0.15) is 10.6 Å². The van der Waals surface area contributed by atoms with Crippen molar-refractivity contribution in [3.8, 4) is 0 Å². The van der Waals surface area contributed by atoms with Crippen molar-refractivity contribution in [2.45, 2.75) is 25.7 Å². The molecule has 0 bridgehead atoms. The van der Waals surface area contributed by atoms with E-state index in [-0.39, 0.29) is 18.9 Å². The average molecular weight is 426 g/mol. The first kappa shape index (κ1) is 25.7. The normalized spacial score (nSPS) is 14.6. The van der Waals surface area contributed by atoms with Crippen LogP contribution < -0.4 is 34.8 Å². The van der Waals surface area contributed by atoms with Crippen LogP contribution in [0.25, 0.3) is 5.73 Å². The Morgan fingerprint density at radius 1 is 0.645 bits per heavy atom. The van der Waals surface area contributed by atoms with E-state index in [1.54, 1.807) is 0 Å². The molecular formula is C26H30LiNO2P-. The third-order valence-electron chi connectivity index (χ3n) is 4.73. The number of nitrogens with one attached hydrogen (secondary N) is 1. The summed E-state index contributed by atoms with van der Waals surface area (Å²) in [4.78, 5) is 0. The third kappa shape index (κ3) is 8.81. The van der Waals surface area contributed by atoms with Crippen LogP contribution in [0.5, 0.6) is 0 Å². The molecule has 3 aromatic carbocycles. The molecule has 158 valence electrons. The Bertz CT molecular complexity index is 776. The summed E-state index contributed by atoms with van der Waals surface area (Å²) in [7, 11) is -1.09. The minimum atomic E-state index is -1.09. The fraction of sp³-hybridized carbons (Fsp3) is 0.231. The standard InChI is InChI=1S/C18H15NP.2C4H7O.Li/c19-17-13-7-8-14-18(17)20(15-9-3-1-4-10-15)16-11-5-2-6-12-16;2*1-2-4-5-3-1;/h1-14,19H;2*3H,1-2,4H2;/q3*-1;+1/p+1. The van der Waals surface area contributed by atoms with E-state index in [2.05, 4.69) is 54.6 Å². The van der Waals surface area contributed by atoms with E-state index in [1.807, 2.05) is 43.5 Å². The molecule has 5 rings (SSSR count). The van der Waals surface area contributed by atoms with Gasteiger partial charge in [0, 0.05) is 13.2 Å². The van der Waals surface area contributed by atoms with E-state index >= 15 is 0 Å². The smallest absolute Gasteiger partial charge is 0.696 e. The second kappa shape index (κ2) is 15.2. The summed E-state index contributed by atoms with van der Waals surface area (Å²) < 4.78 is 9.64. The van der Waals surface area contributed by atoms with Gasteiger partial charge in [-0.25, -0.2) is 13.2 Å². The molecule has 31 heavy (non-hydrogen) atoms. The first-order chi connectivity index (χ1) is 14.9. The van der Waals surface area contributed by atoms with Gasteiger partial charge in [-0.2, -0.15) is 12.8 Å². The molecular weight excluding hydrogens is 396 g/mol. The van der Waals surface area contributed by atoms with Gasteiger partial charge in [-0.1, -0.05) is 73.1 Å². The number of rotatable bonds is 3. The van der Waals surface area contributed by atoms with E-state index in [1.165, 1.54) is 23.5 Å². The fourth-order valence-electron chi connectivity index (χ4n) is 3.22. The number of benzene rings is 3. The molecule has 0 amide bonds. The van der Waals surface area contributed by atoms with Crippen molar-refractivity contribution in [2.75, 3.05) is 13.2 Å². The zero-order valence-electron chi connectivity index (χ0n) is 18.3. The molecule has 0 aromatic heterocycles. The van der Waals surface area contributed by atoms with Crippen LogP contribution in [-0.4, -0.2) is 13.2 Å². The summed E-state index contributed by atoms with van der Waals surface area (Å²) >= 11 is 0. The van der Waals surface area contributed by atoms with Crippen molar-refractivity contribution in [1.82, 2.24) is 0 Å². The molecule has 2 aliphatic rings. The quantitative estimate of drug-likeness (QED) is 0.367. The molecule has 0 atom stereocenters. The van der Waals surface area contributed by atoms with E-state index in [0.29, 0.717) is 5.69 Å². The molecule has 0 radical (unpaired) electrons. The van der Waals surface area contributed by atoms with Crippen LogP contribution in [0.2, 0.25) is 0 Å². The summed E-state index contributed by atoms with van der Waals surface area (Å²) in [5, 5.41) is 3.79. The zero-order valence-corrected chi connectivity index (χ0v) is 19.3. The van der Waals surface area contributed by atoms with Crippen molar-refractivity contribution in [1.29, 1.82) is 0 Å². The van der Waals surface area contributed by atoms with Crippen molar-refractivity contribution in [3.05, 3.63) is 104 Å². The van der Waals surface area contributed by atoms with Crippen molar-refractivity contribution in [2.24, 2.45) is 0 Å². The van der Waals surface area contributed by atoms with E-state index in [0.717, 1.165) is 31.4 Å². The Morgan fingerprint density at radius 3 is 1.45 bits per heavy atom. The Balaban J connectivity index is 0.000000254. The van der Waals surface area contributed by atoms with Gasteiger partial charge >= 0.3 is 18.9 Å². The average Bonchev–Trinajstić information content (AvgIpc) is 3.56. The van der Waals surface area contributed by atoms with Crippen molar-refractivity contribution in [3.63, 3.8) is 0 Å². The monoisotopic (exact) mass is 426 g/mol. The van der Waals surface area contributed by atoms with Gasteiger partial charge < -0.3 is 15.2 Å². The molecule has 3 nitrogen and oxygen atoms in total. The second-order valence-corrected chi connectivity index (χ2v) is 9.46. The zero-order chi connectivity index (χ0) is 20.9. The molecule has 0 spiro atoms. The van der Waals surface area contributed by atoms with Gasteiger partial charge in [-0.05, 0) is 30.3 Å². The topological polar surface area (TPSA) is 42.3 Å². The molecule has 1 N–H and O–H groups in total. The van der Waals surface area contributed by atoms with Crippen LogP contribution >= 0.6 is 7.92 Å². The summed E-state index contributed by atoms with van der Waals surface area (Å²) in [6.07, 6.45) is 4.75. The van der Waals surface area contributed by atoms with Crippen molar-refractivity contribution >= 4 is 29.5 Å². The van der Waals surface area contributed by atoms with Gasteiger partial charge in [0.05, 0.1) is 13.2 Å². The van der Waals surface area contributed by atoms with Crippen LogP contribution in [0.15, 0.2) is 84.9 Å². The van der Waals surface area contributed by atoms with Gasteiger partial charge in [0.25, 0.3) is 0 Å². The van der Waals surface area contributed by atoms with E-state index < -0.39 is 7.92 Å². The van der Waals surface area contributed by atoms with E-state index in [4.69, 9.17) is 15.2 Å². The number of hydrogen-bond donors (Lipinski definition) is 0. The van der Waals surface area contributed by atoms with E-state index in [9.17, 15) is 0 Å². The largest absolute Gasteiger partial charge is 1.00 e. The Hall–Kier alpha value is -1.59. The van der Waals surface area contributed by atoms with Crippen LogP contribution in [0, 0.1) is 13.2 Å². The summed E-state index contributed by atoms with van der Waals surface area (Å²) in [6, 6.07) is 29.0. The predicted octanol–water partition coefficient (Wildman–Crippen LogP) is 2.78. The van der Waals surface area contributed by atoms with Crippen LogP contribution in [-0.2, 0) is 9.47 Å². The first-order valence-corrected chi connectivity index (χ1v) is 12.0. The summed E-state index contributed by atoms with van der Waals surface area (Å²) in [6.45, 7) is 5.61. The molecule has 3 aromatic rings. The Morgan fingerprint density at radius 2 is 1.10 bits per heavy atom. The molecule has 0 saturated carbocycles. The molecule has 2 heterocycles. The molecule has 0 aliphatic carbocycles. The minimum absolute atomic E-state index is 0. The molecule has 5 heteroatoms. The number of ether oxygens (including phenoxy) is 2. The maximum atomic E-state index is 8.23. The second-order valence-electron chi connectivity index (χ2n) is 7.01. The summed E-state index contributed by atoms with van der Waals surface area (Å²) in [5.41, 5.74) is 8.86. The molecule has 2 fully saturated rings. The Kier molecular flexibility index (Phi) is 12.6. The molecule has 2 saturated heterocycles. The maximum absolute atomic E-state index is 8.23. The third-order valence-corrected chi connectivity index (χ3v) is 7.52. The number of hydrogen-bond acceptors (Lipinski definition) is 2. The molecule has 0 unspecified atom stereocenters. The minimum Gasteiger partial charge on any atom is -0.696 e. The fourth-order valence-corrected chi connectivity index (χ4v) is 5.84. The van der Waals surface area contributed by atoms with Gasteiger partial charge in [-0.3, -0.25) is 0 Å².